The van der Waals surface area contributed by atoms with Gasteiger partial charge in [0.15, 0.2) is 0 Å². The van der Waals surface area contributed by atoms with Crippen molar-refractivity contribution in [2.75, 3.05) is 6.67 Å². The molecule has 54 valence electrons. The van der Waals surface area contributed by atoms with Gasteiger partial charge in [0.05, 0.1) is 0 Å². The van der Waals surface area contributed by atoms with E-state index in [9.17, 15) is 9.18 Å². The zero-order valence-electron chi connectivity index (χ0n) is 4.62. The van der Waals surface area contributed by atoms with Gasteiger partial charge in [-0.25, -0.2) is 4.39 Å². The van der Waals surface area contributed by atoms with Gasteiger partial charge in [-0.3, -0.25) is 4.79 Å². The molecule has 4 nitrogen and oxygen atoms in total. The van der Waals surface area contributed by atoms with E-state index in [2.05, 4.69) is 0 Å². The second-order valence-electron chi connectivity index (χ2n) is 1.59. The van der Waals surface area contributed by atoms with Crippen molar-refractivity contribution in [3.8, 4) is 0 Å². The molecule has 0 aliphatic carbocycles. The molecule has 5 heteroatoms. The molecular formula is C4H8FNO3. The minimum Gasteiger partial charge on any atom is -0.480 e. The molecular weight excluding hydrogens is 129 g/mol. The lowest BCUT2D eigenvalue weighted by molar-refractivity contribution is -0.141. The summed E-state index contributed by atoms with van der Waals surface area (Å²) in [5.41, 5.74) is 4.78. The summed E-state index contributed by atoms with van der Waals surface area (Å²) in [6.45, 7) is -1.13. The van der Waals surface area contributed by atoms with Crippen LogP contribution in [0.3, 0.4) is 0 Å². The molecule has 2 atom stereocenters. The van der Waals surface area contributed by atoms with E-state index < -0.39 is 24.8 Å². The summed E-state index contributed by atoms with van der Waals surface area (Å²) in [7, 11) is 0. The van der Waals surface area contributed by atoms with Crippen LogP contribution in [0, 0.1) is 0 Å². The van der Waals surface area contributed by atoms with Crippen LogP contribution in [0.25, 0.3) is 0 Å². The highest BCUT2D eigenvalue weighted by molar-refractivity contribution is 5.73. The number of carbonyl (C=O) groups is 1. The van der Waals surface area contributed by atoms with Gasteiger partial charge in [-0.05, 0) is 0 Å². The number of rotatable bonds is 3. The quantitative estimate of drug-likeness (QED) is 0.452. The lowest BCUT2D eigenvalue weighted by atomic mass is 10.2. The molecule has 0 radical (unpaired) electrons. The van der Waals surface area contributed by atoms with Crippen LogP contribution in [0.15, 0.2) is 0 Å². The Labute approximate surface area is 51.1 Å². The molecule has 0 saturated heterocycles. The van der Waals surface area contributed by atoms with Crippen LogP contribution in [-0.2, 0) is 4.79 Å². The van der Waals surface area contributed by atoms with Crippen LogP contribution in [0.4, 0.5) is 4.39 Å². The van der Waals surface area contributed by atoms with Gasteiger partial charge < -0.3 is 15.9 Å². The average Bonchev–Trinajstić information content (AvgIpc) is 1.84. The summed E-state index contributed by atoms with van der Waals surface area (Å²) >= 11 is 0. The number of aliphatic hydroxyl groups is 1. The van der Waals surface area contributed by atoms with Crippen molar-refractivity contribution in [3.63, 3.8) is 0 Å². The molecule has 0 aromatic rings. The molecule has 0 aliphatic rings. The summed E-state index contributed by atoms with van der Waals surface area (Å²) in [6, 6.07) is -1.52. The van der Waals surface area contributed by atoms with Gasteiger partial charge in [0.2, 0.25) is 0 Å². The van der Waals surface area contributed by atoms with Crippen molar-refractivity contribution in [1.29, 1.82) is 0 Å². The molecule has 4 N–H and O–H groups in total. The molecule has 9 heavy (non-hydrogen) atoms. The summed E-state index contributed by atoms with van der Waals surface area (Å²) < 4.78 is 11.4. The molecule has 0 amide bonds. The monoisotopic (exact) mass is 137 g/mol. The molecule has 0 fully saturated rings. The molecule has 0 saturated carbocycles. The highest BCUT2D eigenvalue weighted by Gasteiger charge is 2.20. The Morgan fingerprint density at radius 2 is 2.22 bits per heavy atom. The normalized spacial score (nSPS) is 16.8. The van der Waals surface area contributed by atoms with E-state index >= 15 is 0 Å². The number of alkyl halides is 1. The largest absolute Gasteiger partial charge is 0.480 e. The standard InChI is InChI=1S/C4H8FNO3/c5-1-2(7)3(6)4(8)9/h2-3,7H,1,6H2,(H,8,9). The van der Waals surface area contributed by atoms with Gasteiger partial charge in [0, 0.05) is 0 Å². The van der Waals surface area contributed by atoms with Gasteiger partial charge in [0.1, 0.15) is 18.8 Å². The minimum atomic E-state index is -1.59. The zero-order chi connectivity index (χ0) is 7.44. The third-order valence-corrected chi connectivity index (χ3v) is 0.858. The van der Waals surface area contributed by atoms with E-state index in [1.54, 1.807) is 0 Å². The first-order valence-corrected chi connectivity index (χ1v) is 2.32. The van der Waals surface area contributed by atoms with E-state index in [-0.39, 0.29) is 0 Å². The lowest BCUT2D eigenvalue weighted by Gasteiger charge is -2.09. The van der Waals surface area contributed by atoms with E-state index in [1.807, 2.05) is 0 Å². The fourth-order valence-corrected chi connectivity index (χ4v) is 0.261. The van der Waals surface area contributed by atoms with Gasteiger partial charge in [-0.15, -0.1) is 0 Å². The Hall–Kier alpha value is -0.680. The van der Waals surface area contributed by atoms with Gasteiger partial charge >= 0.3 is 5.97 Å². The molecule has 0 aromatic carbocycles. The average molecular weight is 137 g/mol. The van der Waals surface area contributed by atoms with Crippen molar-refractivity contribution in [1.82, 2.24) is 0 Å². The first kappa shape index (κ1) is 8.32. The summed E-state index contributed by atoms with van der Waals surface area (Å²) in [4.78, 5) is 9.85. The van der Waals surface area contributed by atoms with E-state index in [4.69, 9.17) is 15.9 Å². The Morgan fingerprint density at radius 1 is 1.78 bits per heavy atom. The maximum absolute atomic E-state index is 11.4. The summed E-state index contributed by atoms with van der Waals surface area (Å²) in [6.07, 6.45) is -1.59. The number of halogens is 1. The van der Waals surface area contributed by atoms with Crippen molar-refractivity contribution in [2.24, 2.45) is 5.73 Å². The Bertz CT molecular complexity index is 108. The SMILES string of the molecule is NC(C(=O)O)C(O)CF. The molecule has 0 aliphatic heterocycles. The third kappa shape index (κ3) is 2.39. The molecule has 0 bridgehead atoms. The first-order valence-electron chi connectivity index (χ1n) is 2.32. The topological polar surface area (TPSA) is 83.6 Å². The number of nitrogens with two attached hydrogens (primary N) is 1. The van der Waals surface area contributed by atoms with Gasteiger partial charge in [-0.2, -0.15) is 0 Å². The number of carboxylic acid groups (broad SMARTS) is 1. The molecule has 0 aromatic heterocycles. The van der Waals surface area contributed by atoms with Crippen LogP contribution >= 0.6 is 0 Å². The number of carboxylic acids is 1. The van der Waals surface area contributed by atoms with Gasteiger partial charge in [-0.1, -0.05) is 0 Å². The number of aliphatic hydroxyl groups excluding tert-OH is 1. The molecule has 0 rings (SSSR count). The maximum Gasteiger partial charge on any atom is 0.323 e. The second-order valence-corrected chi connectivity index (χ2v) is 1.59. The number of hydrogen-bond donors (Lipinski definition) is 3. The van der Waals surface area contributed by atoms with Crippen molar-refractivity contribution in [3.05, 3.63) is 0 Å². The van der Waals surface area contributed by atoms with E-state index in [1.165, 1.54) is 0 Å². The van der Waals surface area contributed by atoms with Crippen molar-refractivity contribution >= 4 is 5.97 Å². The molecule has 2 unspecified atom stereocenters. The summed E-state index contributed by atoms with van der Waals surface area (Å²) in [5.74, 6) is -1.40. The predicted molar refractivity (Wildman–Crippen MR) is 27.6 cm³/mol. The lowest BCUT2D eigenvalue weighted by Crippen LogP contribution is -2.42. The van der Waals surface area contributed by atoms with Crippen molar-refractivity contribution in [2.45, 2.75) is 12.1 Å². The van der Waals surface area contributed by atoms with Gasteiger partial charge in [0.25, 0.3) is 0 Å². The van der Waals surface area contributed by atoms with Crippen LogP contribution < -0.4 is 5.73 Å². The third-order valence-electron chi connectivity index (χ3n) is 0.858. The Morgan fingerprint density at radius 3 is 2.33 bits per heavy atom. The zero-order valence-corrected chi connectivity index (χ0v) is 4.62. The predicted octanol–water partition coefficient (Wildman–Crippen LogP) is -1.27. The highest BCUT2D eigenvalue weighted by Crippen LogP contribution is 1.90. The second kappa shape index (κ2) is 3.37. The van der Waals surface area contributed by atoms with Crippen LogP contribution in [0.5, 0.6) is 0 Å². The highest BCUT2D eigenvalue weighted by atomic mass is 19.1. The fourth-order valence-electron chi connectivity index (χ4n) is 0.261. The number of aliphatic carboxylic acids is 1. The fraction of sp³-hybridized carbons (Fsp3) is 0.750. The van der Waals surface area contributed by atoms with Crippen LogP contribution in [0.2, 0.25) is 0 Å². The van der Waals surface area contributed by atoms with E-state index in [0.717, 1.165) is 0 Å². The van der Waals surface area contributed by atoms with E-state index in [0.29, 0.717) is 0 Å². The Kier molecular flexibility index (Phi) is 3.11. The minimum absolute atomic E-state index is 1.13. The molecule has 0 heterocycles. The first-order chi connectivity index (χ1) is 4.09. The van der Waals surface area contributed by atoms with Crippen LogP contribution in [-0.4, -0.2) is 35.0 Å². The van der Waals surface area contributed by atoms with Crippen LogP contribution in [0.1, 0.15) is 0 Å². The maximum atomic E-state index is 11.4. The number of hydrogen-bond acceptors (Lipinski definition) is 3. The van der Waals surface area contributed by atoms with Crippen molar-refractivity contribution < 1.29 is 19.4 Å². The smallest absolute Gasteiger partial charge is 0.323 e. The summed E-state index contributed by atoms with van der Waals surface area (Å²) in [5, 5.41) is 16.4. The Balaban J connectivity index is 3.72. The molecule has 0 spiro atoms.